The molecule has 0 saturated carbocycles. The normalized spacial score (nSPS) is 11.3. The van der Waals surface area contributed by atoms with Crippen molar-refractivity contribution in [2.45, 2.75) is 11.8 Å². The molecular formula is C11H11ClN4O2S2. The van der Waals surface area contributed by atoms with Crippen LogP contribution < -0.4 is 10.5 Å². The molecule has 0 spiro atoms. The molecule has 6 nitrogen and oxygen atoms in total. The van der Waals surface area contributed by atoms with Gasteiger partial charge in [0.25, 0.3) is 10.0 Å². The molecule has 2 aromatic rings. The van der Waals surface area contributed by atoms with Gasteiger partial charge in [0.05, 0.1) is 22.6 Å². The van der Waals surface area contributed by atoms with Gasteiger partial charge < -0.3 is 5.73 Å². The number of aryl methyl sites for hydroxylation is 1. The van der Waals surface area contributed by atoms with Gasteiger partial charge in [-0.3, -0.25) is 9.82 Å². The molecule has 0 fully saturated rings. The van der Waals surface area contributed by atoms with Gasteiger partial charge in [-0.05, 0) is 19.1 Å². The number of sulfonamides is 1. The van der Waals surface area contributed by atoms with Crippen LogP contribution in [0.5, 0.6) is 0 Å². The first-order valence-corrected chi connectivity index (χ1v) is 7.70. The number of aromatic amines is 1. The summed E-state index contributed by atoms with van der Waals surface area (Å²) in [5, 5.41) is 6.49. The van der Waals surface area contributed by atoms with Crippen molar-refractivity contribution >= 4 is 44.5 Å². The van der Waals surface area contributed by atoms with E-state index < -0.39 is 10.0 Å². The van der Waals surface area contributed by atoms with Crippen LogP contribution in [0.25, 0.3) is 0 Å². The van der Waals surface area contributed by atoms with Crippen LogP contribution in [-0.2, 0) is 10.0 Å². The number of aromatic nitrogens is 2. The Balaban J connectivity index is 2.42. The summed E-state index contributed by atoms with van der Waals surface area (Å²) in [5.41, 5.74) is 6.67. The standard InChI is InChI=1S/C11H11ClN4O2S2/c1-6-10(5-14-15-6)20(17,18)16-9-4-7(11(13)19)2-3-8(9)12/h2-5,16H,1H3,(H2,13,19)(H,14,15). The first kappa shape index (κ1) is 14.8. The molecule has 0 saturated heterocycles. The first-order chi connectivity index (χ1) is 9.31. The number of hydrogen-bond acceptors (Lipinski definition) is 4. The Bertz CT molecular complexity index is 770. The van der Waals surface area contributed by atoms with Crippen molar-refractivity contribution in [3.63, 3.8) is 0 Å². The minimum Gasteiger partial charge on any atom is -0.389 e. The molecule has 106 valence electrons. The third-order valence-corrected chi connectivity index (χ3v) is 4.61. The Morgan fingerprint density at radius 1 is 1.50 bits per heavy atom. The summed E-state index contributed by atoms with van der Waals surface area (Å²) >= 11 is 10.8. The van der Waals surface area contributed by atoms with Gasteiger partial charge in [-0.1, -0.05) is 29.9 Å². The molecule has 0 atom stereocenters. The van der Waals surface area contributed by atoms with Crippen LogP contribution in [0.2, 0.25) is 5.02 Å². The molecule has 0 aliphatic carbocycles. The van der Waals surface area contributed by atoms with E-state index in [1.54, 1.807) is 13.0 Å². The van der Waals surface area contributed by atoms with E-state index >= 15 is 0 Å². The molecule has 0 amide bonds. The number of nitrogens with zero attached hydrogens (tertiary/aromatic N) is 1. The zero-order chi connectivity index (χ0) is 14.9. The second-order valence-corrected chi connectivity index (χ2v) is 6.52. The lowest BCUT2D eigenvalue weighted by Crippen LogP contribution is -2.15. The van der Waals surface area contributed by atoms with Crippen molar-refractivity contribution in [2.75, 3.05) is 4.72 Å². The summed E-state index contributed by atoms with van der Waals surface area (Å²) in [6, 6.07) is 4.62. The van der Waals surface area contributed by atoms with Gasteiger partial charge >= 0.3 is 0 Å². The Labute approximate surface area is 126 Å². The van der Waals surface area contributed by atoms with Crippen molar-refractivity contribution < 1.29 is 8.42 Å². The third kappa shape index (κ3) is 2.92. The average Bonchev–Trinajstić information content (AvgIpc) is 2.78. The zero-order valence-corrected chi connectivity index (χ0v) is 12.7. The Morgan fingerprint density at radius 2 is 2.20 bits per heavy atom. The van der Waals surface area contributed by atoms with E-state index in [2.05, 4.69) is 14.9 Å². The van der Waals surface area contributed by atoms with E-state index in [-0.39, 0.29) is 20.6 Å². The van der Waals surface area contributed by atoms with E-state index in [1.165, 1.54) is 18.3 Å². The smallest absolute Gasteiger partial charge is 0.265 e. The van der Waals surface area contributed by atoms with E-state index in [0.717, 1.165) is 0 Å². The predicted molar refractivity (Wildman–Crippen MR) is 81.5 cm³/mol. The second-order valence-electron chi connectivity index (χ2n) is 4.02. The fraction of sp³-hybridized carbons (Fsp3) is 0.0909. The van der Waals surface area contributed by atoms with Gasteiger partial charge in [-0.15, -0.1) is 0 Å². The molecule has 1 heterocycles. The van der Waals surface area contributed by atoms with Crippen molar-refractivity contribution in [3.05, 3.63) is 40.7 Å². The van der Waals surface area contributed by atoms with Crippen LogP contribution in [0.3, 0.4) is 0 Å². The highest BCUT2D eigenvalue weighted by atomic mass is 35.5. The van der Waals surface area contributed by atoms with E-state index in [0.29, 0.717) is 11.3 Å². The number of anilines is 1. The highest BCUT2D eigenvalue weighted by Crippen LogP contribution is 2.26. The van der Waals surface area contributed by atoms with Gasteiger partial charge in [-0.2, -0.15) is 5.10 Å². The van der Waals surface area contributed by atoms with E-state index in [4.69, 9.17) is 29.6 Å². The number of thiocarbonyl (C=S) groups is 1. The maximum absolute atomic E-state index is 12.2. The zero-order valence-electron chi connectivity index (χ0n) is 10.3. The highest BCUT2D eigenvalue weighted by Gasteiger charge is 2.20. The van der Waals surface area contributed by atoms with Gasteiger partial charge in [0.1, 0.15) is 9.88 Å². The first-order valence-electron chi connectivity index (χ1n) is 5.43. The number of nitrogens with one attached hydrogen (secondary N) is 2. The van der Waals surface area contributed by atoms with Crippen LogP contribution in [0.4, 0.5) is 5.69 Å². The number of nitrogens with two attached hydrogens (primary N) is 1. The topological polar surface area (TPSA) is 101 Å². The number of hydrogen-bond donors (Lipinski definition) is 3. The fourth-order valence-corrected chi connectivity index (χ4v) is 3.12. The quantitative estimate of drug-likeness (QED) is 0.742. The van der Waals surface area contributed by atoms with Gasteiger partial charge in [-0.25, -0.2) is 8.42 Å². The Hall–Kier alpha value is -1.64. The van der Waals surface area contributed by atoms with Crippen molar-refractivity contribution in [1.29, 1.82) is 0 Å². The lowest BCUT2D eigenvalue weighted by atomic mass is 10.2. The minimum absolute atomic E-state index is 0.0503. The fourth-order valence-electron chi connectivity index (χ4n) is 1.57. The maximum Gasteiger partial charge on any atom is 0.265 e. The summed E-state index contributed by atoms with van der Waals surface area (Å²) in [7, 11) is -3.78. The summed E-state index contributed by atoms with van der Waals surface area (Å²) < 4.78 is 26.8. The molecule has 0 radical (unpaired) electrons. The molecule has 0 aliphatic heterocycles. The molecule has 2 rings (SSSR count). The molecule has 0 unspecified atom stereocenters. The SMILES string of the molecule is Cc1[nH]ncc1S(=O)(=O)Nc1cc(C(N)=S)ccc1Cl. The molecule has 20 heavy (non-hydrogen) atoms. The molecule has 1 aromatic carbocycles. The lowest BCUT2D eigenvalue weighted by molar-refractivity contribution is 0.600. The van der Waals surface area contributed by atoms with Crippen LogP contribution in [0, 0.1) is 6.92 Å². The second kappa shape index (κ2) is 5.39. The summed E-state index contributed by atoms with van der Waals surface area (Å²) in [6.45, 7) is 1.61. The Kier molecular flexibility index (Phi) is 3.98. The van der Waals surface area contributed by atoms with Crippen LogP contribution in [-0.4, -0.2) is 23.6 Å². The van der Waals surface area contributed by atoms with Crippen molar-refractivity contribution in [3.8, 4) is 0 Å². The number of benzene rings is 1. The van der Waals surface area contributed by atoms with Gasteiger partial charge in [0.2, 0.25) is 0 Å². The van der Waals surface area contributed by atoms with Crippen molar-refractivity contribution in [1.82, 2.24) is 10.2 Å². The summed E-state index contributed by atoms with van der Waals surface area (Å²) in [4.78, 5) is 0.205. The lowest BCUT2D eigenvalue weighted by Gasteiger charge is -2.10. The van der Waals surface area contributed by atoms with Crippen LogP contribution in [0.1, 0.15) is 11.3 Å². The summed E-state index contributed by atoms with van der Waals surface area (Å²) in [5.74, 6) is 0. The molecular weight excluding hydrogens is 320 g/mol. The predicted octanol–water partition coefficient (Wildman–Crippen LogP) is 1.81. The molecule has 1 aromatic heterocycles. The Morgan fingerprint density at radius 3 is 2.75 bits per heavy atom. The monoisotopic (exact) mass is 330 g/mol. The van der Waals surface area contributed by atoms with Gasteiger partial charge in [0, 0.05) is 5.56 Å². The maximum atomic E-state index is 12.2. The number of rotatable bonds is 4. The largest absolute Gasteiger partial charge is 0.389 e. The molecule has 0 bridgehead atoms. The van der Waals surface area contributed by atoms with Crippen molar-refractivity contribution in [2.24, 2.45) is 5.73 Å². The van der Waals surface area contributed by atoms with E-state index in [1.807, 2.05) is 0 Å². The van der Waals surface area contributed by atoms with E-state index in [9.17, 15) is 8.42 Å². The number of halogens is 1. The van der Waals surface area contributed by atoms with Crippen LogP contribution in [0.15, 0.2) is 29.3 Å². The molecule has 4 N–H and O–H groups in total. The third-order valence-electron chi connectivity index (χ3n) is 2.57. The highest BCUT2D eigenvalue weighted by molar-refractivity contribution is 7.92. The van der Waals surface area contributed by atoms with Gasteiger partial charge in [0.15, 0.2) is 0 Å². The summed E-state index contributed by atoms with van der Waals surface area (Å²) in [6.07, 6.45) is 1.23. The molecule has 0 aliphatic rings. The van der Waals surface area contributed by atoms with Crippen LogP contribution >= 0.6 is 23.8 Å². The minimum atomic E-state index is -3.78. The molecule has 9 heteroatoms. The number of H-pyrrole nitrogens is 1. The average molecular weight is 331 g/mol.